The highest BCUT2D eigenvalue weighted by molar-refractivity contribution is 7.91. The molecule has 0 spiro atoms. The summed E-state index contributed by atoms with van der Waals surface area (Å²) in [5, 5.41) is 4.11. The average Bonchev–Trinajstić information content (AvgIpc) is 2.86. The van der Waals surface area contributed by atoms with E-state index in [9.17, 15) is 8.42 Å². The molecule has 0 aromatic heterocycles. The predicted octanol–water partition coefficient (Wildman–Crippen LogP) is 0.388. The summed E-state index contributed by atoms with van der Waals surface area (Å²) in [6.45, 7) is 7.83. The molecular formula is C17H26N3O2S2+. The normalized spacial score (nSPS) is 24.1. The molecule has 2 N–H and O–H groups in total. The van der Waals surface area contributed by atoms with E-state index in [1.807, 2.05) is 0 Å². The summed E-state index contributed by atoms with van der Waals surface area (Å²) in [6.07, 6.45) is 0.808. The van der Waals surface area contributed by atoms with E-state index in [2.05, 4.69) is 42.3 Å². The highest BCUT2D eigenvalue weighted by atomic mass is 32.2. The lowest BCUT2D eigenvalue weighted by atomic mass is 10.1. The van der Waals surface area contributed by atoms with Crippen LogP contribution < -0.4 is 10.2 Å². The maximum Gasteiger partial charge on any atom is 0.173 e. The van der Waals surface area contributed by atoms with E-state index < -0.39 is 9.84 Å². The standard InChI is InChI=1S/C17H25N3O2S2/c1-13-9-14(2)11-15(10-13)18-17(23)20-6-4-19(5-7-20)16-3-8-24(21,22)12-16/h9-11,16H,3-8,12H2,1-2H3,(H,18,23)/p+1/t16-/m0/s1. The molecule has 1 aromatic rings. The Bertz CT molecular complexity index is 705. The molecule has 2 heterocycles. The predicted molar refractivity (Wildman–Crippen MR) is 101 cm³/mol. The van der Waals surface area contributed by atoms with Crippen LogP contribution in [0, 0.1) is 13.8 Å². The van der Waals surface area contributed by atoms with E-state index in [1.54, 1.807) is 0 Å². The number of aryl methyl sites for hydroxylation is 2. The van der Waals surface area contributed by atoms with E-state index in [0.717, 1.165) is 43.4 Å². The first kappa shape index (κ1) is 17.6. The molecule has 2 aliphatic rings. The minimum Gasteiger partial charge on any atom is -0.338 e. The molecule has 3 rings (SSSR count). The maximum atomic E-state index is 11.7. The van der Waals surface area contributed by atoms with Gasteiger partial charge in [0.05, 0.1) is 31.9 Å². The van der Waals surface area contributed by atoms with Gasteiger partial charge in [-0.05, 0) is 49.3 Å². The molecular weight excluding hydrogens is 342 g/mol. The summed E-state index contributed by atoms with van der Waals surface area (Å²) in [7, 11) is -2.80. The highest BCUT2D eigenvalue weighted by Gasteiger charge is 2.37. The fraction of sp³-hybridized carbons (Fsp3) is 0.588. The number of piperazine rings is 1. The zero-order valence-electron chi connectivity index (χ0n) is 14.3. The summed E-state index contributed by atoms with van der Waals surface area (Å²) < 4.78 is 23.3. The lowest BCUT2D eigenvalue weighted by molar-refractivity contribution is -0.925. The van der Waals surface area contributed by atoms with Gasteiger partial charge in [0.15, 0.2) is 14.9 Å². The number of rotatable bonds is 2. The van der Waals surface area contributed by atoms with Crippen LogP contribution in [0.25, 0.3) is 0 Å². The molecule has 132 valence electrons. The summed E-state index contributed by atoms with van der Waals surface area (Å²) in [6, 6.07) is 6.62. The van der Waals surface area contributed by atoms with Crippen LogP contribution in [0.2, 0.25) is 0 Å². The highest BCUT2D eigenvalue weighted by Crippen LogP contribution is 2.15. The number of hydrogen-bond acceptors (Lipinski definition) is 3. The Morgan fingerprint density at radius 2 is 1.83 bits per heavy atom. The van der Waals surface area contributed by atoms with Crippen LogP contribution in [0.5, 0.6) is 0 Å². The van der Waals surface area contributed by atoms with E-state index in [0.29, 0.717) is 11.5 Å². The Morgan fingerprint density at radius 3 is 2.38 bits per heavy atom. The fourth-order valence-electron chi connectivity index (χ4n) is 3.77. The number of nitrogens with zero attached hydrogens (tertiary/aromatic N) is 1. The molecule has 2 aliphatic heterocycles. The van der Waals surface area contributed by atoms with Crippen molar-refractivity contribution >= 4 is 32.9 Å². The Morgan fingerprint density at radius 1 is 1.21 bits per heavy atom. The first-order chi connectivity index (χ1) is 11.3. The Balaban J connectivity index is 1.53. The van der Waals surface area contributed by atoms with E-state index in [-0.39, 0.29) is 6.04 Å². The van der Waals surface area contributed by atoms with Crippen molar-refractivity contribution in [1.82, 2.24) is 4.90 Å². The first-order valence-corrected chi connectivity index (χ1v) is 10.7. The maximum absolute atomic E-state index is 11.7. The number of hydrogen-bond donors (Lipinski definition) is 2. The van der Waals surface area contributed by atoms with Gasteiger partial charge in [-0.1, -0.05) is 6.07 Å². The van der Waals surface area contributed by atoms with Crippen LogP contribution in [0.3, 0.4) is 0 Å². The van der Waals surface area contributed by atoms with Gasteiger partial charge in [-0.2, -0.15) is 0 Å². The minimum absolute atomic E-state index is 0.276. The smallest absolute Gasteiger partial charge is 0.173 e. The molecule has 1 atom stereocenters. The molecule has 0 aliphatic carbocycles. The summed E-state index contributed by atoms with van der Waals surface area (Å²) >= 11 is 5.56. The lowest BCUT2D eigenvalue weighted by Gasteiger charge is -2.36. The van der Waals surface area contributed by atoms with Gasteiger partial charge in [-0.15, -0.1) is 0 Å². The second-order valence-electron chi connectivity index (χ2n) is 7.05. The van der Waals surface area contributed by atoms with Crippen molar-refractivity contribution in [3.05, 3.63) is 29.3 Å². The zero-order chi connectivity index (χ0) is 17.3. The number of anilines is 1. The van der Waals surface area contributed by atoms with Crippen molar-refractivity contribution < 1.29 is 13.3 Å². The van der Waals surface area contributed by atoms with Crippen LogP contribution in [-0.4, -0.2) is 62.2 Å². The Labute approximate surface area is 149 Å². The van der Waals surface area contributed by atoms with Crippen molar-refractivity contribution in [3.8, 4) is 0 Å². The topological polar surface area (TPSA) is 53.9 Å². The Hall–Kier alpha value is -1.18. The van der Waals surface area contributed by atoms with Crippen LogP contribution in [0.15, 0.2) is 18.2 Å². The van der Waals surface area contributed by atoms with Crippen LogP contribution in [-0.2, 0) is 9.84 Å². The average molecular weight is 369 g/mol. The van der Waals surface area contributed by atoms with Gasteiger partial charge in [0.1, 0.15) is 11.8 Å². The van der Waals surface area contributed by atoms with Crippen LogP contribution >= 0.6 is 12.2 Å². The molecule has 0 radical (unpaired) electrons. The van der Waals surface area contributed by atoms with Gasteiger partial charge in [0.25, 0.3) is 0 Å². The third-order valence-electron chi connectivity index (χ3n) is 4.98. The van der Waals surface area contributed by atoms with Gasteiger partial charge in [-0.3, -0.25) is 0 Å². The van der Waals surface area contributed by atoms with Crippen molar-refractivity contribution in [2.75, 3.05) is 43.0 Å². The molecule has 0 unspecified atom stereocenters. The van der Waals surface area contributed by atoms with E-state index in [1.165, 1.54) is 16.0 Å². The molecule has 1 aromatic carbocycles. The van der Waals surface area contributed by atoms with E-state index in [4.69, 9.17) is 12.2 Å². The molecule has 0 bridgehead atoms. The molecule has 0 amide bonds. The van der Waals surface area contributed by atoms with Gasteiger partial charge >= 0.3 is 0 Å². The SMILES string of the molecule is Cc1cc(C)cc(NC(=S)N2CC[NH+]([C@H]3CCS(=O)(=O)C3)CC2)c1. The zero-order valence-corrected chi connectivity index (χ0v) is 16.0. The first-order valence-electron chi connectivity index (χ1n) is 8.52. The van der Waals surface area contributed by atoms with Crippen molar-refractivity contribution in [3.63, 3.8) is 0 Å². The summed E-state index contributed by atoms with van der Waals surface area (Å²) in [5.74, 6) is 0.713. The molecule has 5 nitrogen and oxygen atoms in total. The monoisotopic (exact) mass is 368 g/mol. The molecule has 2 fully saturated rings. The number of thiocarbonyl (C=S) groups is 1. The quantitative estimate of drug-likeness (QED) is 0.740. The number of sulfone groups is 1. The fourth-order valence-corrected chi connectivity index (χ4v) is 5.90. The third-order valence-corrected chi connectivity index (χ3v) is 7.10. The van der Waals surface area contributed by atoms with Gasteiger partial charge < -0.3 is 15.1 Å². The second kappa shape index (κ2) is 6.98. The summed E-state index contributed by atoms with van der Waals surface area (Å²) in [4.78, 5) is 3.61. The van der Waals surface area contributed by atoms with Crippen molar-refractivity contribution in [2.24, 2.45) is 0 Å². The molecule has 0 saturated carbocycles. The Kier molecular flexibility index (Phi) is 5.13. The third kappa shape index (κ3) is 4.26. The summed E-state index contributed by atoms with van der Waals surface area (Å²) in [5.41, 5.74) is 3.48. The number of quaternary nitrogens is 1. The van der Waals surface area contributed by atoms with Gasteiger partial charge in [0.2, 0.25) is 0 Å². The largest absolute Gasteiger partial charge is 0.338 e. The van der Waals surface area contributed by atoms with Gasteiger partial charge in [0, 0.05) is 12.1 Å². The lowest BCUT2D eigenvalue weighted by Crippen LogP contribution is -3.18. The molecule has 2 saturated heterocycles. The van der Waals surface area contributed by atoms with Crippen molar-refractivity contribution in [1.29, 1.82) is 0 Å². The second-order valence-corrected chi connectivity index (χ2v) is 9.67. The molecule has 7 heteroatoms. The van der Waals surface area contributed by atoms with Crippen LogP contribution in [0.1, 0.15) is 17.5 Å². The van der Waals surface area contributed by atoms with Crippen molar-refractivity contribution in [2.45, 2.75) is 26.3 Å². The number of benzene rings is 1. The minimum atomic E-state index is -2.80. The van der Waals surface area contributed by atoms with Gasteiger partial charge in [-0.25, -0.2) is 8.42 Å². The van der Waals surface area contributed by atoms with E-state index >= 15 is 0 Å². The van der Waals surface area contributed by atoms with Crippen LogP contribution in [0.4, 0.5) is 5.69 Å². The molecule has 24 heavy (non-hydrogen) atoms. The number of nitrogens with one attached hydrogen (secondary N) is 2.